The largest absolute Gasteiger partial charge is 0.305 e. The monoisotopic (exact) mass is 462 g/mol. The molecule has 0 radical (unpaired) electrons. The number of hydrogen-bond acceptors (Lipinski definition) is 3. The molecule has 0 unspecified atom stereocenters. The van der Waals surface area contributed by atoms with Crippen LogP contribution in [0.25, 0.3) is 0 Å². The number of anilines is 1. The maximum absolute atomic E-state index is 14.2. The highest BCUT2D eigenvalue weighted by Crippen LogP contribution is 2.34. The molecule has 0 fully saturated rings. The van der Waals surface area contributed by atoms with Crippen LogP contribution in [0.15, 0.2) is 71.6 Å². The zero-order valence-corrected chi connectivity index (χ0v) is 17.7. The lowest BCUT2D eigenvalue weighted by molar-refractivity contribution is -0.119. The first-order valence-corrected chi connectivity index (χ1v) is 11.2. The van der Waals surface area contributed by atoms with E-state index in [9.17, 15) is 22.0 Å². The zero-order valence-electron chi connectivity index (χ0n) is 16.1. The van der Waals surface area contributed by atoms with Crippen molar-refractivity contribution in [3.63, 3.8) is 0 Å². The Labute approximate surface area is 183 Å². The molecule has 4 rings (SSSR count). The summed E-state index contributed by atoms with van der Waals surface area (Å²) in [7, 11) is -4.09. The number of benzene rings is 3. The van der Waals surface area contributed by atoms with Gasteiger partial charge in [0.05, 0.1) is 18.8 Å². The number of para-hydroxylation sites is 1. The Hall–Kier alpha value is -2.81. The number of hydrogen-bond donors (Lipinski definition) is 0. The molecule has 0 atom stereocenters. The first kappa shape index (κ1) is 21.4. The Balaban J connectivity index is 1.77. The lowest BCUT2D eigenvalue weighted by Crippen LogP contribution is -2.39. The van der Waals surface area contributed by atoms with Gasteiger partial charge in [-0.3, -0.25) is 4.79 Å². The van der Waals surface area contributed by atoms with E-state index in [1.807, 2.05) is 0 Å². The van der Waals surface area contributed by atoms with Crippen LogP contribution >= 0.6 is 11.6 Å². The van der Waals surface area contributed by atoms with Crippen LogP contribution in [0.5, 0.6) is 0 Å². The standard InChI is InChI=1S/C22H17ClF2N2O3S/c23-18-11-17(24)10-9-15(18)12-26-14-22(28)27(13-16-5-1-2-6-19(16)25)20-7-3-4-8-21(20)31(26,29)30/h1-11H,12-14H2. The first-order valence-electron chi connectivity index (χ1n) is 9.34. The molecule has 1 amide bonds. The highest BCUT2D eigenvalue weighted by atomic mass is 35.5. The molecule has 0 spiro atoms. The van der Waals surface area contributed by atoms with E-state index in [4.69, 9.17) is 11.6 Å². The van der Waals surface area contributed by atoms with E-state index in [1.54, 1.807) is 24.3 Å². The van der Waals surface area contributed by atoms with Crippen LogP contribution in [-0.2, 0) is 27.9 Å². The van der Waals surface area contributed by atoms with Crippen molar-refractivity contribution in [1.29, 1.82) is 0 Å². The summed E-state index contributed by atoms with van der Waals surface area (Å²) in [6, 6.07) is 15.7. The van der Waals surface area contributed by atoms with Crippen molar-refractivity contribution in [3.8, 4) is 0 Å². The molecule has 3 aromatic carbocycles. The van der Waals surface area contributed by atoms with Crippen LogP contribution in [-0.4, -0.2) is 25.2 Å². The summed E-state index contributed by atoms with van der Waals surface area (Å²) in [5.41, 5.74) is 0.793. The predicted molar refractivity (Wildman–Crippen MR) is 113 cm³/mol. The van der Waals surface area contributed by atoms with Crippen molar-refractivity contribution >= 4 is 33.2 Å². The summed E-state index contributed by atoms with van der Waals surface area (Å²) in [5, 5.41) is 0.0587. The van der Waals surface area contributed by atoms with E-state index in [0.29, 0.717) is 5.56 Å². The van der Waals surface area contributed by atoms with Crippen LogP contribution in [0, 0.1) is 11.6 Å². The lowest BCUT2D eigenvalue weighted by atomic mass is 10.1. The second kappa shape index (κ2) is 8.37. The lowest BCUT2D eigenvalue weighted by Gasteiger charge is -2.22. The van der Waals surface area contributed by atoms with Gasteiger partial charge < -0.3 is 4.90 Å². The molecule has 3 aromatic rings. The molecule has 0 saturated heterocycles. The fraction of sp³-hybridized carbons (Fsp3) is 0.136. The molecule has 0 bridgehead atoms. The van der Waals surface area contributed by atoms with Gasteiger partial charge in [-0.1, -0.05) is 48.0 Å². The average molecular weight is 463 g/mol. The predicted octanol–water partition coefficient (Wildman–Crippen LogP) is 4.36. The van der Waals surface area contributed by atoms with E-state index >= 15 is 0 Å². The van der Waals surface area contributed by atoms with Crippen LogP contribution in [0.1, 0.15) is 11.1 Å². The molecular weight excluding hydrogens is 446 g/mol. The maximum Gasteiger partial charge on any atom is 0.245 e. The summed E-state index contributed by atoms with van der Waals surface area (Å²) in [6.45, 7) is -0.808. The second-order valence-electron chi connectivity index (χ2n) is 7.05. The maximum atomic E-state index is 14.2. The summed E-state index contributed by atoms with van der Waals surface area (Å²) in [6.07, 6.45) is 0. The second-order valence-corrected chi connectivity index (χ2v) is 9.36. The van der Waals surface area contributed by atoms with Crippen LogP contribution in [0.2, 0.25) is 5.02 Å². The minimum absolute atomic E-state index is 0.0587. The molecule has 1 aliphatic heterocycles. The SMILES string of the molecule is O=C1CN(Cc2ccc(F)cc2Cl)S(=O)(=O)c2ccccc2N1Cc1ccccc1F. The van der Waals surface area contributed by atoms with Crippen molar-refractivity contribution < 1.29 is 22.0 Å². The number of carbonyl (C=O) groups excluding carboxylic acids is 1. The van der Waals surface area contributed by atoms with Crippen LogP contribution in [0.4, 0.5) is 14.5 Å². The van der Waals surface area contributed by atoms with Gasteiger partial charge in [0.25, 0.3) is 0 Å². The fourth-order valence-electron chi connectivity index (χ4n) is 3.44. The number of amides is 1. The summed E-state index contributed by atoms with van der Waals surface area (Å²) in [4.78, 5) is 14.3. The third kappa shape index (κ3) is 4.19. The minimum atomic E-state index is -4.09. The molecule has 5 nitrogen and oxygen atoms in total. The van der Waals surface area contributed by atoms with E-state index in [1.165, 1.54) is 41.3 Å². The summed E-state index contributed by atoms with van der Waals surface area (Å²) >= 11 is 6.07. The Morgan fingerprint density at radius 1 is 0.903 bits per heavy atom. The molecule has 9 heteroatoms. The molecular formula is C22H17ClF2N2O3S. The van der Waals surface area contributed by atoms with Gasteiger partial charge in [-0.25, -0.2) is 17.2 Å². The van der Waals surface area contributed by atoms with E-state index in [-0.39, 0.29) is 34.3 Å². The van der Waals surface area contributed by atoms with Gasteiger partial charge in [0.2, 0.25) is 15.9 Å². The Morgan fingerprint density at radius 3 is 2.35 bits per heavy atom. The topological polar surface area (TPSA) is 57.7 Å². The van der Waals surface area contributed by atoms with Gasteiger partial charge in [0.15, 0.2) is 0 Å². The van der Waals surface area contributed by atoms with Crippen LogP contribution < -0.4 is 4.90 Å². The van der Waals surface area contributed by atoms with Gasteiger partial charge in [0, 0.05) is 17.1 Å². The van der Waals surface area contributed by atoms with Crippen LogP contribution in [0.3, 0.4) is 0 Å². The smallest absolute Gasteiger partial charge is 0.245 e. The molecule has 0 aliphatic carbocycles. The average Bonchev–Trinajstić information content (AvgIpc) is 2.81. The summed E-state index contributed by atoms with van der Waals surface area (Å²) < 4.78 is 55.4. The number of halogens is 3. The van der Waals surface area contributed by atoms with E-state index < -0.39 is 34.1 Å². The molecule has 1 aliphatic rings. The van der Waals surface area contributed by atoms with Gasteiger partial charge in [-0.15, -0.1) is 0 Å². The normalized spacial score (nSPS) is 16.1. The Kier molecular flexibility index (Phi) is 5.79. The third-order valence-corrected chi connectivity index (χ3v) is 7.23. The van der Waals surface area contributed by atoms with Crippen molar-refractivity contribution in [1.82, 2.24) is 4.31 Å². The molecule has 1 heterocycles. The van der Waals surface area contributed by atoms with Crippen molar-refractivity contribution in [3.05, 3.63) is 94.5 Å². The highest BCUT2D eigenvalue weighted by molar-refractivity contribution is 7.89. The van der Waals surface area contributed by atoms with E-state index in [2.05, 4.69) is 0 Å². The van der Waals surface area contributed by atoms with Crippen molar-refractivity contribution in [2.24, 2.45) is 0 Å². The van der Waals surface area contributed by atoms with Crippen molar-refractivity contribution in [2.45, 2.75) is 18.0 Å². The number of fused-ring (bicyclic) bond motifs is 1. The van der Waals surface area contributed by atoms with Gasteiger partial charge in [-0.2, -0.15) is 4.31 Å². The first-order chi connectivity index (χ1) is 14.8. The number of carbonyl (C=O) groups is 1. The van der Waals surface area contributed by atoms with Gasteiger partial charge in [0.1, 0.15) is 16.5 Å². The summed E-state index contributed by atoms with van der Waals surface area (Å²) in [5.74, 6) is -1.56. The molecule has 0 aromatic heterocycles. The third-order valence-electron chi connectivity index (χ3n) is 5.03. The van der Waals surface area contributed by atoms with E-state index in [0.717, 1.165) is 10.4 Å². The fourth-order valence-corrected chi connectivity index (χ4v) is 5.23. The Bertz CT molecular complexity index is 1270. The number of sulfonamides is 1. The van der Waals surface area contributed by atoms with Crippen molar-refractivity contribution in [2.75, 3.05) is 11.4 Å². The molecule has 160 valence electrons. The molecule has 0 N–H and O–H groups in total. The van der Waals surface area contributed by atoms with Gasteiger partial charge >= 0.3 is 0 Å². The molecule has 0 saturated carbocycles. The minimum Gasteiger partial charge on any atom is -0.305 e. The Morgan fingerprint density at radius 2 is 1.61 bits per heavy atom. The zero-order chi connectivity index (χ0) is 22.2. The molecule has 31 heavy (non-hydrogen) atoms. The number of nitrogens with zero attached hydrogens (tertiary/aromatic N) is 2. The van der Waals surface area contributed by atoms with Gasteiger partial charge in [-0.05, 0) is 35.9 Å². The number of rotatable bonds is 4. The quantitative estimate of drug-likeness (QED) is 0.579. The highest BCUT2D eigenvalue weighted by Gasteiger charge is 2.37.